The highest BCUT2D eigenvalue weighted by molar-refractivity contribution is 6.29. The van der Waals surface area contributed by atoms with E-state index in [4.69, 9.17) is 0 Å². The quantitative estimate of drug-likeness (QED) is 0.456. The van der Waals surface area contributed by atoms with Crippen LogP contribution in [0.1, 0.15) is 29.2 Å². The van der Waals surface area contributed by atoms with Gasteiger partial charge in [-0.3, -0.25) is 4.79 Å². The molecule has 0 saturated carbocycles. The normalized spacial score (nSPS) is 10.2. The van der Waals surface area contributed by atoms with Gasteiger partial charge >= 0.3 is 0 Å². The first-order valence-corrected chi connectivity index (χ1v) is 8.10. The number of allylic oxidation sites excluding steroid dienone is 1. The van der Waals surface area contributed by atoms with Crippen LogP contribution < -0.4 is 0 Å². The largest absolute Gasteiger partial charge is 0.294 e. The first kappa shape index (κ1) is 15.9. The molecule has 3 aromatic rings. The number of aryl methyl sites for hydroxylation is 1. The van der Waals surface area contributed by atoms with Crippen LogP contribution in [0.4, 0.5) is 0 Å². The molecule has 1 nitrogen and oxygen atoms in total. The van der Waals surface area contributed by atoms with Gasteiger partial charge in [0.2, 0.25) is 0 Å². The minimum Gasteiger partial charge on any atom is -0.294 e. The van der Waals surface area contributed by atoms with Crippen LogP contribution in [-0.4, -0.2) is 5.78 Å². The predicted molar refractivity (Wildman–Crippen MR) is 101 cm³/mol. The summed E-state index contributed by atoms with van der Waals surface area (Å²) in [6.07, 6.45) is 0. The van der Waals surface area contributed by atoms with Crippen LogP contribution in [0.5, 0.6) is 0 Å². The van der Waals surface area contributed by atoms with E-state index < -0.39 is 0 Å². The van der Waals surface area contributed by atoms with Gasteiger partial charge in [-0.15, -0.1) is 0 Å². The monoisotopic (exact) mass is 312 g/mol. The van der Waals surface area contributed by atoms with Gasteiger partial charge in [-0.25, -0.2) is 0 Å². The molecule has 0 atom stereocenters. The van der Waals surface area contributed by atoms with E-state index >= 15 is 0 Å². The third-order valence-electron chi connectivity index (χ3n) is 4.07. The lowest BCUT2D eigenvalue weighted by atomic mass is 9.87. The number of hydrogen-bond acceptors (Lipinski definition) is 1. The summed E-state index contributed by atoms with van der Waals surface area (Å²) in [4.78, 5) is 12.6. The molecule has 118 valence electrons. The summed E-state index contributed by atoms with van der Waals surface area (Å²) in [7, 11) is 0. The molecule has 1 heteroatoms. The molecule has 0 fully saturated rings. The van der Waals surface area contributed by atoms with Crippen molar-refractivity contribution >= 4 is 16.9 Å². The molecule has 3 aromatic carbocycles. The molecule has 0 aliphatic carbocycles. The second kappa shape index (κ2) is 7.10. The molecule has 0 spiro atoms. The van der Waals surface area contributed by atoms with E-state index in [2.05, 4.69) is 31.2 Å². The van der Waals surface area contributed by atoms with Crippen molar-refractivity contribution in [2.24, 2.45) is 0 Å². The number of ketones is 1. The molecule has 0 heterocycles. The fourth-order valence-corrected chi connectivity index (χ4v) is 2.91. The van der Waals surface area contributed by atoms with Crippen LogP contribution in [0, 0.1) is 6.92 Å². The summed E-state index contributed by atoms with van der Waals surface area (Å²) in [5.74, 6) is 0.0709. The second-order valence-electron chi connectivity index (χ2n) is 5.90. The Hall–Kier alpha value is -2.93. The second-order valence-corrected chi connectivity index (χ2v) is 5.90. The molecule has 0 N–H and O–H groups in total. The van der Waals surface area contributed by atoms with Gasteiger partial charge in [0, 0.05) is 11.1 Å². The molecule has 3 rings (SSSR count). The Labute approximate surface area is 143 Å². The van der Waals surface area contributed by atoms with E-state index in [1.807, 2.05) is 60.7 Å². The standard InChI is InChI=1S/C23H20O/c1-17-13-15-21(16-14-17)22(18(2)24)23(19-9-5-3-6-10-19)20-11-7-4-8-12-20/h3-16H,1-2H3. The van der Waals surface area contributed by atoms with Crippen LogP contribution in [0.3, 0.4) is 0 Å². The lowest BCUT2D eigenvalue weighted by Gasteiger charge is -2.15. The van der Waals surface area contributed by atoms with E-state index in [9.17, 15) is 4.79 Å². The number of hydrogen-bond donors (Lipinski definition) is 0. The zero-order valence-corrected chi connectivity index (χ0v) is 14.0. The van der Waals surface area contributed by atoms with Gasteiger partial charge in [0.25, 0.3) is 0 Å². The molecule has 0 aromatic heterocycles. The molecular formula is C23H20O. The van der Waals surface area contributed by atoms with Crippen molar-refractivity contribution in [1.82, 2.24) is 0 Å². The third kappa shape index (κ3) is 3.36. The molecule has 0 aliphatic rings. The zero-order chi connectivity index (χ0) is 16.9. The lowest BCUT2D eigenvalue weighted by Crippen LogP contribution is -2.02. The average Bonchev–Trinajstić information content (AvgIpc) is 2.62. The van der Waals surface area contributed by atoms with Gasteiger partial charge in [0.15, 0.2) is 5.78 Å². The Morgan fingerprint density at radius 3 is 1.50 bits per heavy atom. The van der Waals surface area contributed by atoms with Crippen LogP contribution in [0.15, 0.2) is 84.9 Å². The highest BCUT2D eigenvalue weighted by atomic mass is 16.1. The summed E-state index contributed by atoms with van der Waals surface area (Å²) < 4.78 is 0. The minimum atomic E-state index is 0.0709. The van der Waals surface area contributed by atoms with Crippen LogP contribution in [0.25, 0.3) is 11.1 Å². The van der Waals surface area contributed by atoms with Crippen molar-refractivity contribution in [3.63, 3.8) is 0 Å². The molecule has 0 radical (unpaired) electrons. The number of carbonyl (C=O) groups is 1. The molecule has 0 bridgehead atoms. The van der Waals surface area contributed by atoms with Gasteiger partial charge in [-0.05, 0) is 30.5 Å². The van der Waals surface area contributed by atoms with Crippen LogP contribution in [0.2, 0.25) is 0 Å². The van der Waals surface area contributed by atoms with Crippen molar-refractivity contribution in [3.05, 3.63) is 107 Å². The fraction of sp³-hybridized carbons (Fsp3) is 0.0870. The maximum absolute atomic E-state index is 12.6. The molecule has 0 aliphatic heterocycles. The molecule has 24 heavy (non-hydrogen) atoms. The number of rotatable bonds is 4. The topological polar surface area (TPSA) is 17.1 Å². The lowest BCUT2D eigenvalue weighted by molar-refractivity contribution is -0.111. The first-order chi connectivity index (χ1) is 11.7. The van der Waals surface area contributed by atoms with E-state index in [1.54, 1.807) is 6.92 Å². The van der Waals surface area contributed by atoms with Gasteiger partial charge in [-0.2, -0.15) is 0 Å². The highest BCUT2D eigenvalue weighted by Gasteiger charge is 2.17. The van der Waals surface area contributed by atoms with Gasteiger partial charge in [0.05, 0.1) is 0 Å². The maximum atomic E-state index is 12.6. The van der Waals surface area contributed by atoms with Crippen molar-refractivity contribution in [2.75, 3.05) is 0 Å². The van der Waals surface area contributed by atoms with Crippen molar-refractivity contribution in [3.8, 4) is 0 Å². The predicted octanol–water partition coefficient (Wildman–Crippen LogP) is 5.54. The fourth-order valence-electron chi connectivity index (χ4n) is 2.91. The van der Waals surface area contributed by atoms with Gasteiger partial charge < -0.3 is 0 Å². The van der Waals surface area contributed by atoms with Gasteiger partial charge in [0.1, 0.15) is 0 Å². The summed E-state index contributed by atoms with van der Waals surface area (Å²) in [5.41, 5.74) is 5.97. The Morgan fingerprint density at radius 2 is 1.08 bits per heavy atom. The Bertz CT molecular complexity index is 815. The van der Waals surface area contributed by atoms with Crippen molar-refractivity contribution in [1.29, 1.82) is 0 Å². The summed E-state index contributed by atoms with van der Waals surface area (Å²) in [5, 5.41) is 0. The van der Waals surface area contributed by atoms with E-state index in [0.717, 1.165) is 27.8 Å². The molecule has 0 unspecified atom stereocenters. The van der Waals surface area contributed by atoms with Crippen LogP contribution in [-0.2, 0) is 4.79 Å². The minimum absolute atomic E-state index is 0.0709. The molecule has 0 saturated heterocycles. The number of carbonyl (C=O) groups excluding carboxylic acids is 1. The molecular weight excluding hydrogens is 292 g/mol. The Balaban J connectivity index is 2.33. The van der Waals surface area contributed by atoms with E-state index in [1.165, 1.54) is 5.56 Å². The third-order valence-corrected chi connectivity index (χ3v) is 4.07. The van der Waals surface area contributed by atoms with Crippen molar-refractivity contribution < 1.29 is 4.79 Å². The van der Waals surface area contributed by atoms with Crippen molar-refractivity contribution in [2.45, 2.75) is 13.8 Å². The summed E-state index contributed by atoms with van der Waals surface area (Å²) >= 11 is 0. The highest BCUT2D eigenvalue weighted by Crippen LogP contribution is 2.33. The van der Waals surface area contributed by atoms with E-state index in [0.29, 0.717) is 0 Å². The molecule has 0 amide bonds. The van der Waals surface area contributed by atoms with E-state index in [-0.39, 0.29) is 5.78 Å². The first-order valence-electron chi connectivity index (χ1n) is 8.10. The Kier molecular flexibility index (Phi) is 4.72. The summed E-state index contributed by atoms with van der Waals surface area (Å²) in [6.45, 7) is 3.69. The smallest absolute Gasteiger partial charge is 0.161 e. The van der Waals surface area contributed by atoms with Gasteiger partial charge in [-0.1, -0.05) is 90.5 Å². The number of benzene rings is 3. The maximum Gasteiger partial charge on any atom is 0.161 e. The zero-order valence-electron chi connectivity index (χ0n) is 14.0. The average molecular weight is 312 g/mol. The summed E-state index contributed by atoms with van der Waals surface area (Å²) in [6, 6.07) is 28.4. The number of Topliss-reactive ketones (excluding diaryl/α,β-unsaturated/α-hetero) is 1. The Morgan fingerprint density at radius 1 is 0.625 bits per heavy atom. The SMILES string of the molecule is CC(=O)C(=C(c1ccccc1)c1ccccc1)c1ccc(C)cc1. The van der Waals surface area contributed by atoms with Crippen LogP contribution >= 0.6 is 0 Å².